The first kappa shape index (κ1) is 14.7. The van der Waals surface area contributed by atoms with Crippen LogP contribution in [0.3, 0.4) is 0 Å². The summed E-state index contributed by atoms with van der Waals surface area (Å²) in [6.07, 6.45) is 2.03. The Morgan fingerprint density at radius 2 is 1.65 bits per heavy atom. The molecule has 0 radical (unpaired) electrons. The molecule has 1 N–H and O–H groups in total. The number of rotatable bonds is 6. The van der Waals surface area contributed by atoms with Gasteiger partial charge in [-0.25, -0.2) is 8.78 Å². The number of halogens is 2. The molecule has 0 aromatic heterocycles. The van der Waals surface area contributed by atoms with Crippen molar-refractivity contribution in [3.8, 4) is 0 Å². The highest BCUT2D eigenvalue weighted by atomic mass is 19.1. The third-order valence-corrected chi connectivity index (χ3v) is 3.25. The fraction of sp³-hybridized carbons (Fsp3) is 0.294. The van der Waals surface area contributed by atoms with E-state index in [0.29, 0.717) is 12.1 Å². The fourth-order valence-electron chi connectivity index (χ4n) is 2.31. The molecular weight excluding hydrogens is 256 g/mol. The molecule has 0 spiro atoms. The lowest BCUT2D eigenvalue weighted by molar-refractivity contribution is 0.490. The Kier molecular flexibility index (Phi) is 5.24. The zero-order valence-corrected chi connectivity index (χ0v) is 11.6. The molecule has 1 unspecified atom stereocenters. The molecule has 2 aromatic rings. The van der Waals surface area contributed by atoms with Crippen LogP contribution in [-0.2, 0) is 6.54 Å². The van der Waals surface area contributed by atoms with Crippen LogP contribution in [0.4, 0.5) is 8.78 Å². The van der Waals surface area contributed by atoms with Crippen LogP contribution in [0, 0.1) is 11.6 Å². The summed E-state index contributed by atoms with van der Waals surface area (Å²) < 4.78 is 26.3. The lowest BCUT2D eigenvalue weighted by Gasteiger charge is -2.18. The third-order valence-electron chi connectivity index (χ3n) is 3.25. The molecule has 106 valence electrons. The van der Waals surface area contributed by atoms with Gasteiger partial charge in [0.25, 0.3) is 0 Å². The number of nitrogens with one attached hydrogen (secondary N) is 1. The van der Waals surface area contributed by atoms with Crippen LogP contribution in [0.1, 0.15) is 36.9 Å². The lowest BCUT2D eigenvalue weighted by atomic mass is 10.0. The minimum Gasteiger partial charge on any atom is -0.306 e. The first-order chi connectivity index (χ1) is 9.69. The van der Waals surface area contributed by atoms with E-state index in [9.17, 15) is 8.78 Å². The molecule has 0 saturated carbocycles. The largest absolute Gasteiger partial charge is 0.306 e. The molecule has 0 saturated heterocycles. The van der Waals surface area contributed by atoms with Crippen molar-refractivity contribution in [1.29, 1.82) is 0 Å². The Bertz CT molecular complexity index is 520. The molecular formula is C17H19F2N. The van der Waals surface area contributed by atoms with Gasteiger partial charge < -0.3 is 5.32 Å². The zero-order valence-electron chi connectivity index (χ0n) is 11.6. The van der Waals surface area contributed by atoms with E-state index < -0.39 is 11.6 Å². The summed E-state index contributed by atoms with van der Waals surface area (Å²) in [5.74, 6) is -1.07. The Balaban J connectivity index is 2.05. The predicted molar refractivity (Wildman–Crippen MR) is 77.3 cm³/mol. The quantitative estimate of drug-likeness (QED) is 0.812. The van der Waals surface area contributed by atoms with Gasteiger partial charge in [0, 0.05) is 18.7 Å². The van der Waals surface area contributed by atoms with E-state index in [2.05, 4.69) is 24.4 Å². The maximum absolute atomic E-state index is 13.2. The Labute approximate surface area is 118 Å². The second kappa shape index (κ2) is 7.15. The Hall–Kier alpha value is -1.74. The van der Waals surface area contributed by atoms with Gasteiger partial charge in [-0.15, -0.1) is 0 Å². The van der Waals surface area contributed by atoms with Gasteiger partial charge in [-0.2, -0.15) is 0 Å². The van der Waals surface area contributed by atoms with Gasteiger partial charge in [-0.1, -0.05) is 43.7 Å². The van der Waals surface area contributed by atoms with Gasteiger partial charge in [0.2, 0.25) is 0 Å². The fourth-order valence-corrected chi connectivity index (χ4v) is 2.31. The molecule has 0 aliphatic heterocycles. The summed E-state index contributed by atoms with van der Waals surface area (Å²) in [6, 6.07) is 13.9. The Morgan fingerprint density at radius 1 is 1.00 bits per heavy atom. The zero-order chi connectivity index (χ0) is 14.4. The Morgan fingerprint density at radius 3 is 2.25 bits per heavy atom. The minimum atomic E-state index is -0.534. The van der Waals surface area contributed by atoms with Crippen LogP contribution in [0.2, 0.25) is 0 Å². The van der Waals surface area contributed by atoms with Gasteiger partial charge in [0.15, 0.2) is 0 Å². The van der Waals surface area contributed by atoms with Crippen molar-refractivity contribution in [2.75, 3.05) is 0 Å². The topological polar surface area (TPSA) is 12.0 Å². The third kappa shape index (κ3) is 4.14. The van der Waals surface area contributed by atoms with E-state index in [1.54, 1.807) is 0 Å². The van der Waals surface area contributed by atoms with Crippen molar-refractivity contribution in [2.45, 2.75) is 32.4 Å². The summed E-state index contributed by atoms with van der Waals surface area (Å²) in [6.45, 7) is 2.58. The lowest BCUT2D eigenvalue weighted by Crippen LogP contribution is -2.21. The second-order valence-corrected chi connectivity index (χ2v) is 4.91. The predicted octanol–water partition coefficient (Wildman–Crippen LogP) is 4.60. The van der Waals surface area contributed by atoms with Crippen LogP contribution in [0.5, 0.6) is 0 Å². The summed E-state index contributed by atoms with van der Waals surface area (Å²) in [5.41, 5.74) is 1.82. The van der Waals surface area contributed by atoms with E-state index in [-0.39, 0.29) is 6.04 Å². The van der Waals surface area contributed by atoms with Crippen LogP contribution >= 0.6 is 0 Å². The molecule has 0 heterocycles. The molecule has 0 aliphatic carbocycles. The second-order valence-electron chi connectivity index (χ2n) is 4.91. The molecule has 0 bridgehead atoms. The van der Waals surface area contributed by atoms with E-state index in [1.807, 2.05) is 18.2 Å². The van der Waals surface area contributed by atoms with Crippen LogP contribution in [0.15, 0.2) is 48.5 Å². The molecule has 1 atom stereocenters. The van der Waals surface area contributed by atoms with Crippen molar-refractivity contribution < 1.29 is 8.78 Å². The molecule has 3 heteroatoms. The van der Waals surface area contributed by atoms with Gasteiger partial charge in [-0.05, 0) is 29.7 Å². The van der Waals surface area contributed by atoms with Crippen molar-refractivity contribution >= 4 is 0 Å². The summed E-state index contributed by atoms with van der Waals surface area (Å²) in [5, 5.41) is 3.37. The first-order valence-electron chi connectivity index (χ1n) is 6.92. The maximum Gasteiger partial charge on any atom is 0.126 e. The number of hydrogen-bond acceptors (Lipinski definition) is 1. The number of hydrogen-bond donors (Lipinski definition) is 1. The van der Waals surface area contributed by atoms with E-state index in [1.165, 1.54) is 17.7 Å². The average Bonchev–Trinajstić information content (AvgIpc) is 2.43. The molecule has 2 rings (SSSR count). The van der Waals surface area contributed by atoms with Crippen molar-refractivity contribution in [1.82, 2.24) is 5.32 Å². The van der Waals surface area contributed by atoms with Crippen LogP contribution in [-0.4, -0.2) is 0 Å². The molecule has 2 aromatic carbocycles. The standard InChI is InChI=1S/C17H19F2N/c1-2-6-17(14-7-4-3-5-8-14)20-12-13-9-15(18)11-16(19)10-13/h3-5,7-11,17,20H,2,6,12H2,1H3. The van der Waals surface area contributed by atoms with Crippen molar-refractivity contribution in [2.24, 2.45) is 0 Å². The summed E-state index contributed by atoms with van der Waals surface area (Å²) in [7, 11) is 0. The van der Waals surface area contributed by atoms with E-state index in [4.69, 9.17) is 0 Å². The summed E-state index contributed by atoms with van der Waals surface area (Å²) in [4.78, 5) is 0. The molecule has 20 heavy (non-hydrogen) atoms. The van der Waals surface area contributed by atoms with Gasteiger partial charge in [0.05, 0.1) is 0 Å². The maximum atomic E-state index is 13.2. The van der Waals surface area contributed by atoms with Crippen molar-refractivity contribution in [3.05, 3.63) is 71.3 Å². The minimum absolute atomic E-state index is 0.201. The highest BCUT2D eigenvalue weighted by molar-refractivity contribution is 5.21. The van der Waals surface area contributed by atoms with Crippen molar-refractivity contribution in [3.63, 3.8) is 0 Å². The molecule has 1 nitrogen and oxygen atoms in total. The van der Waals surface area contributed by atoms with E-state index in [0.717, 1.165) is 18.9 Å². The highest BCUT2D eigenvalue weighted by Gasteiger charge is 2.10. The molecule has 0 amide bonds. The van der Waals surface area contributed by atoms with Gasteiger partial charge in [-0.3, -0.25) is 0 Å². The first-order valence-corrected chi connectivity index (χ1v) is 6.92. The number of benzene rings is 2. The highest BCUT2D eigenvalue weighted by Crippen LogP contribution is 2.19. The van der Waals surface area contributed by atoms with Crippen LogP contribution in [0.25, 0.3) is 0 Å². The molecule has 0 fully saturated rings. The van der Waals surface area contributed by atoms with E-state index >= 15 is 0 Å². The average molecular weight is 275 g/mol. The smallest absolute Gasteiger partial charge is 0.126 e. The van der Waals surface area contributed by atoms with Crippen LogP contribution < -0.4 is 5.32 Å². The normalized spacial score (nSPS) is 12.3. The SMILES string of the molecule is CCCC(NCc1cc(F)cc(F)c1)c1ccccc1. The monoisotopic (exact) mass is 275 g/mol. The van der Waals surface area contributed by atoms with Gasteiger partial charge in [0.1, 0.15) is 11.6 Å². The van der Waals surface area contributed by atoms with Gasteiger partial charge >= 0.3 is 0 Å². The molecule has 0 aliphatic rings. The summed E-state index contributed by atoms with van der Waals surface area (Å²) >= 11 is 0.